The highest BCUT2D eigenvalue weighted by Gasteiger charge is 2.35. The highest BCUT2D eigenvalue weighted by Crippen LogP contribution is 2.44. The van der Waals surface area contributed by atoms with E-state index in [0.29, 0.717) is 41.3 Å². The first kappa shape index (κ1) is 22.6. The fourth-order valence-electron chi connectivity index (χ4n) is 4.13. The zero-order valence-electron chi connectivity index (χ0n) is 16.7. The molecular formula is C21H24Cl2FN3O3. The molecule has 1 aliphatic carbocycles. The Bertz CT molecular complexity index is 1120. The van der Waals surface area contributed by atoms with Crippen LogP contribution in [-0.2, 0) is 0 Å². The van der Waals surface area contributed by atoms with Crippen molar-refractivity contribution in [1.29, 1.82) is 0 Å². The molecule has 0 amide bonds. The Hall–Kier alpha value is -2.09. The number of benzene rings is 1. The number of rotatable bonds is 4. The number of aromatic carboxylic acids is 1. The van der Waals surface area contributed by atoms with Crippen molar-refractivity contribution in [2.75, 3.05) is 18.0 Å². The molecule has 9 heteroatoms. The van der Waals surface area contributed by atoms with Gasteiger partial charge in [0.25, 0.3) is 0 Å². The molecule has 1 saturated carbocycles. The number of nitrogens with two attached hydrogens (primary N) is 1. The summed E-state index contributed by atoms with van der Waals surface area (Å²) in [4.78, 5) is 26.3. The van der Waals surface area contributed by atoms with Crippen molar-refractivity contribution >= 4 is 51.6 Å². The number of anilines is 1. The number of carboxylic acid groups (broad SMARTS) is 1. The minimum atomic E-state index is -1.33. The number of pyridine rings is 1. The van der Waals surface area contributed by atoms with Crippen molar-refractivity contribution in [3.63, 3.8) is 0 Å². The Morgan fingerprint density at radius 3 is 2.60 bits per heavy atom. The summed E-state index contributed by atoms with van der Waals surface area (Å²) in [6.45, 7) is 4.68. The lowest BCUT2D eigenvalue weighted by Gasteiger charge is -2.26. The van der Waals surface area contributed by atoms with Gasteiger partial charge in [0.1, 0.15) is 11.4 Å². The Labute approximate surface area is 184 Å². The van der Waals surface area contributed by atoms with Crippen LogP contribution in [0.1, 0.15) is 55.1 Å². The number of fused-ring (bicyclic) bond motifs is 1. The van der Waals surface area contributed by atoms with Gasteiger partial charge in [-0.25, -0.2) is 9.18 Å². The van der Waals surface area contributed by atoms with E-state index >= 15 is 4.39 Å². The van der Waals surface area contributed by atoms with Crippen molar-refractivity contribution in [3.8, 4) is 0 Å². The summed E-state index contributed by atoms with van der Waals surface area (Å²) in [5.74, 6) is -1.93. The number of carboxylic acids is 1. The normalized spacial score (nSPS) is 21.8. The molecule has 2 aliphatic rings. The van der Waals surface area contributed by atoms with Gasteiger partial charge in [0, 0.05) is 41.5 Å². The summed E-state index contributed by atoms with van der Waals surface area (Å²) in [6, 6.07) is 1.21. The fraction of sp³-hybridized carbons (Fsp3) is 0.429. The third-order valence-corrected chi connectivity index (χ3v) is 6.13. The molecule has 1 atom stereocenters. The first-order valence-electron chi connectivity index (χ1n) is 9.65. The van der Waals surface area contributed by atoms with Crippen LogP contribution in [0.2, 0.25) is 0 Å². The SMILES string of the molecule is C/C=C(/Cl)c1c(N2CCC(C)(N)C2)c(F)cc2c(=O)c(C(=O)O)cn(C3CC3)c12.Cl. The van der Waals surface area contributed by atoms with Gasteiger partial charge in [-0.15, -0.1) is 12.4 Å². The van der Waals surface area contributed by atoms with Gasteiger partial charge in [0.05, 0.1) is 16.6 Å². The Balaban J connectivity index is 0.00000256. The molecule has 0 spiro atoms. The molecule has 4 rings (SSSR count). The van der Waals surface area contributed by atoms with Crippen molar-refractivity contribution in [1.82, 2.24) is 4.57 Å². The maximum absolute atomic E-state index is 15.4. The van der Waals surface area contributed by atoms with Gasteiger partial charge >= 0.3 is 5.97 Å². The number of halogens is 3. The first-order chi connectivity index (χ1) is 13.6. The molecule has 1 aliphatic heterocycles. The van der Waals surface area contributed by atoms with Gasteiger partial charge in [-0.3, -0.25) is 4.79 Å². The van der Waals surface area contributed by atoms with E-state index in [1.807, 2.05) is 11.8 Å². The highest BCUT2D eigenvalue weighted by atomic mass is 35.5. The lowest BCUT2D eigenvalue weighted by molar-refractivity contribution is 0.0695. The smallest absolute Gasteiger partial charge is 0.341 e. The maximum atomic E-state index is 15.4. The molecule has 1 aromatic carbocycles. The summed E-state index contributed by atoms with van der Waals surface area (Å²) in [5.41, 5.74) is 5.94. The molecule has 0 radical (unpaired) electrons. The van der Waals surface area contributed by atoms with Gasteiger partial charge in [-0.2, -0.15) is 0 Å². The number of allylic oxidation sites excluding steroid dienone is 1. The molecule has 2 heterocycles. The summed E-state index contributed by atoms with van der Waals surface area (Å²) in [7, 11) is 0. The van der Waals surface area contributed by atoms with E-state index in [1.54, 1.807) is 17.6 Å². The van der Waals surface area contributed by atoms with Gasteiger partial charge in [-0.1, -0.05) is 17.7 Å². The Kier molecular flexibility index (Phi) is 5.93. The van der Waals surface area contributed by atoms with E-state index in [-0.39, 0.29) is 29.4 Å². The van der Waals surface area contributed by atoms with Gasteiger partial charge < -0.3 is 20.3 Å². The molecule has 162 valence electrons. The van der Waals surface area contributed by atoms with E-state index in [4.69, 9.17) is 17.3 Å². The first-order valence-corrected chi connectivity index (χ1v) is 10.0. The van der Waals surface area contributed by atoms with Gasteiger partial charge in [-0.05, 0) is 39.2 Å². The van der Waals surface area contributed by atoms with Crippen LogP contribution in [0, 0.1) is 5.82 Å². The summed E-state index contributed by atoms with van der Waals surface area (Å²) in [5, 5.41) is 9.81. The third kappa shape index (κ3) is 3.70. The Morgan fingerprint density at radius 1 is 1.43 bits per heavy atom. The predicted molar refractivity (Wildman–Crippen MR) is 120 cm³/mol. The van der Waals surface area contributed by atoms with Crippen LogP contribution in [-0.4, -0.2) is 34.3 Å². The molecule has 2 fully saturated rings. The molecule has 1 unspecified atom stereocenters. The zero-order chi connectivity index (χ0) is 21.1. The van der Waals surface area contributed by atoms with Gasteiger partial charge in [0.15, 0.2) is 0 Å². The second kappa shape index (κ2) is 7.87. The predicted octanol–water partition coefficient (Wildman–Crippen LogP) is 4.12. The van der Waals surface area contributed by atoms with E-state index in [2.05, 4.69) is 0 Å². The van der Waals surface area contributed by atoms with E-state index in [9.17, 15) is 14.7 Å². The molecule has 1 aromatic heterocycles. The summed E-state index contributed by atoms with van der Waals surface area (Å²) >= 11 is 6.55. The molecule has 30 heavy (non-hydrogen) atoms. The molecular weight excluding hydrogens is 432 g/mol. The van der Waals surface area contributed by atoms with Crippen LogP contribution >= 0.6 is 24.0 Å². The molecule has 1 saturated heterocycles. The molecule has 6 nitrogen and oxygen atoms in total. The van der Waals surface area contributed by atoms with Crippen LogP contribution in [0.5, 0.6) is 0 Å². The standard InChI is InChI=1S/C21H23ClFN3O3.ClH/c1-3-14(22)16-17-12(8-15(23)18(16)25-7-6-21(2,24)10-25)19(27)13(20(28)29)9-26(17)11-4-5-11;/h3,8-9,11H,4-7,10,24H2,1-2H3,(H,28,29);1H/b14-3+;. The second-order valence-electron chi connectivity index (χ2n) is 8.26. The van der Waals surface area contributed by atoms with Crippen LogP contribution in [0.15, 0.2) is 23.1 Å². The van der Waals surface area contributed by atoms with Crippen LogP contribution in [0.3, 0.4) is 0 Å². The van der Waals surface area contributed by atoms with Crippen LogP contribution < -0.4 is 16.1 Å². The van der Waals surface area contributed by atoms with Crippen molar-refractivity contribution in [2.45, 2.75) is 44.7 Å². The molecule has 2 aromatic rings. The zero-order valence-corrected chi connectivity index (χ0v) is 18.3. The largest absolute Gasteiger partial charge is 0.477 e. The number of carbonyl (C=O) groups is 1. The highest BCUT2D eigenvalue weighted by molar-refractivity contribution is 6.50. The minimum absolute atomic E-state index is 0. The lowest BCUT2D eigenvalue weighted by atomic mass is 10.0. The minimum Gasteiger partial charge on any atom is -0.477 e. The maximum Gasteiger partial charge on any atom is 0.341 e. The third-order valence-electron chi connectivity index (χ3n) is 5.73. The lowest BCUT2D eigenvalue weighted by Crippen LogP contribution is -2.39. The van der Waals surface area contributed by atoms with Crippen molar-refractivity contribution < 1.29 is 14.3 Å². The van der Waals surface area contributed by atoms with Crippen LogP contribution in [0.4, 0.5) is 10.1 Å². The number of hydrogen-bond acceptors (Lipinski definition) is 4. The quantitative estimate of drug-likeness (QED) is 0.723. The summed E-state index contributed by atoms with van der Waals surface area (Å²) < 4.78 is 17.2. The van der Waals surface area contributed by atoms with Crippen molar-refractivity contribution in [2.24, 2.45) is 5.73 Å². The van der Waals surface area contributed by atoms with E-state index in [0.717, 1.165) is 18.9 Å². The number of nitrogens with zero attached hydrogens (tertiary/aromatic N) is 2. The fourth-order valence-corrected chi connectivity index (χ4v) is 4.31. The second-order valence-corrected chi connectivity index (χ2v) is 8.66. The Morgan fingerprint density at radius 2 is 2.10 bits per heavy atom. The van der Waals surface area contributed by atoms with E-state index in [1.165, 1.54) is 6.20 Å². The van der Waals surface area contributed by atoms with Gasteiger partial charge in [0.2, 0.25) is 5.43 Å². The molecule has 0 bridgehead atoms. The van der Waals surface area contributed by atoms with E-state index < -0.39 is 22.8 Å². The number of aromatic nitrogens is 1. The monoisotopic (exact) mass is 455 g/mol. The number of hydrogen-bond donors (Lipinski definition) is 2. The average Bonchev–Trinajstić information content (AvgIpc) is 3.43. The van der Waals surface area contributed by atoms with Crippen LogP contribution in [0.25, 0.3) is 15.9 Å². The molecule has 3 N–H and O–H groups in total. The topological polar surface area (TPSA) is 88.6 Å². The summed E-state index contributed by atoms with van der Waals surface area (Å²) in [6.07, 6.45) is 5.45. The average molecular weight is 456 g/mol. The van der Waals surface area contributed by atoms with Crippen molar-refractivity contribution in [3.05, 3.63) is 45.5 Å².